The zero-order chi connectivity index (χ0) is 39.0. The van der Waals surface area contributed by atoms with Crippen LogP contribution in [0, 0.1) is 0 Å². The van der Waals surface area contributed by atoms with Gasteiger partial charge in [0.15, 0.2) is 0 Å². The number of hydrogen-bond acceptors (Lipinski definition) is 6. The van der Waals surface area contributed by atoms with Crippen LogP contribution in [0.4, 0.5) is 0 Å². The highest BCUT2D eigenvalue weighted by Crippen LogP contribution is 2.58. The highest BCUT2D eigenvalue weighted by molar-refractivity contribution is 5.65. The molecule has 0 fully saturated rings. The van der Waals surface area contributed by atoms with Crippen molar-refractivity contribution in [2.24, 2.45) is 0 Å². The van der Waals surface area contributed by atoms with Gasteiger partial charge in [0.1, 0.15) is 46.0 Å². The molecular formula is C50H66O6. The first kappa shape index (κ1) is 41.3. The molecule has 2 heterocycles. The van der Waals surface area contributed by atoms with E-state index < -0.39 is 0 Å². The number of unbranched alkanes of at least 4 members (excludes halogenated alkanes) is 12. The van der Waals surface area contributed by atoms with Gasteiger partial charge in [-0.3, -0.25) is 0 Å². The maximum atomic E-state index is 6.80. The minimum absolute atomic E-state index is 0.0611. The summed E-state index contributed by atoms with van der Waals surface area (Å²) in [5, 5.41) is 0. The second kappa shape index (κ2) is 21.8. The molecule has 0 aromatic heterocycles. The zero-order valence-corrected chi connectivity index (χ0v) is 34.7. The summed E-state index contributed by atoms with van der Waals surface area (Å²) in [6.07, 6.45) is 18.6. The van der Waals surface area contributed by atoms with Crippen molar-refractivity contribution in [1.29, 1.82) is 0 Å². The van der Waals surface area contributed by atoms with Gasteiger partial charge in [-0.15, -0.1) is 0 Å². The van der Waals surface area contributed by atoms with Gasteiger partial charge >= 0.3 is 0 Å². The molecule has 6 nitrogen and oxygen atoms in total. The molecule has 0 spiro atoms. The Hall–Kier alpha value is -4.32. The van der Waals surface area contributed by atoms with Crippen LogP contribution in [0.2, 0.25) is 0 Å². The van der Waals surface area contributed by atoms with Gasteiger partial charge in [0.05, 0.1) is 26.4 Å². The molecule has 6 rings (SSSR count). The van der Waals surface area contributed by atoms with Gasteiger partial charge in [0.2, 0.25) is 0 Å². The van der Waals surface area contributed by atoms with Crippen LogP contribution in [0.5, 0.6) is 46.0 Å². The third-order valence-corrected chi connectivity index (χ3v) is 11.1. The number of fused-ring (bicyclic) bond motifs is 4. The van der Waals surface area contributed by atoms with Gasteiger partial charge in [-0.25, -0.2) is 0 Å². The molecule has 0 N–H and O–H groups in total. The predicted octanol–water partition coefficient (Wildman–Crippen LogP) is 14.7. The standard InChI is InChI=1S/C50H66O6/c1-5-9-13-17-29-51-37-21-25-41-45(33-37)55-46-34-38(52-30-18-14-10-6-2)22-26-42(46)49(41)50-43-27-23-39(53-31-19-15-11-7-3)35-47(43)56-48-36-40(24-28-44(48)50)54-32-20-16-12-8-4/h21-28,33-36,49-50H,5-20,29-32H2,1-4H3. The Morgan fingerprint density at radius 1 is 0.339 bits per heavy atom. The summed E-state index contributed by atoms with van der Waals surface area (Å²) in [5.41, 5.74) is 4.50. The number of hydrogen-bond donors (Lipinski definition) is 0. The van der Waals surface area contributed by atoms with Crippen LogP contribution in [0.3, 0.4) is 0 Å². The lowest BCUT2D eigenvalue weighted by Gasteiger charge is -2.38. The van der Waals surface area contributed by atoms with Crippen LogP contribution in [0.1, 0.15) is 165 Å². The Morgan fingerprint density at radius 3 is 0.821 bits per heavy atom. The molecule has 0 saturated carbocycles. The van der Waals surface area contributed by atoms with Crippen molar-refractivity contribution in [2.45, 2.75) is 142 Å². The number of ether oxygens (including phenoxy) is 6. The molecular weight excluding hydrogens is 697 g/mol. The second-order valence-electron chi connectivity index (χ2n) is 15.6. The van der Waals surface area contributed by atoms with Crippen LogP contribution in [-0.2, 0) is 0 Å². The smallest absolute Gasteiger partial charge is 0.134 e. The van der Waals surface area contributed by atoms with Crippen molar-refractivity contribution in [3.05, 3.63) is 95.1 Å². The van der Waals surface area contributed by atoms with Gasteiger partial charge in [-0.05, 0) is 49.9 Å². The van der Waals surface area contributed by atoms with Crippen LogP contribution >= 0.6 is 0 Å². The molecule has 0 bridgehead atoms. The van der Waals surface area contributed by atoms with Crippen molar-refractivity contribution in [3.63, 3.8) is 0 Å². The number of rotatable bonds is 25. The topological polar surface area (TPSA) is 55.4 Å². The fourth-order valence-corrected chi connectivity index (χ4v) is 7.96. The molecule has 4 aromatic rings. The highest BCUT2D eigenvalue weighted by atomic mass is 16.5. The Bertz CT molecular complexity index is 1540. The first-order chi connectivity index (χ1) is 27.6. The van der Waals surface area contributed by atoms with Crippen molar-refractivity contribution in [1.82, 2.24) is 0 Å². The predicted molar refractivity (Wildman–Crippen MR) is 228 cm³/mol. The average molecular weight is 763 g/mol. The van der Waals surface area contributed by atoms with E-state index in [1.165, 1.54) is 77.0 Å². The molecule has 302 valence electrons. The summed E-state index contributed by atoms with van der Waals surface area (Å²) in [6.45, 7) is 11.7. The Balaban J connectivity index is 1.37. The Labute approximate surface area is 337 Å². The van der Waals surface area contributed by atoms with E-state index in [4.69, 9.17) is 28.4 Å². The van der Waals surface area contributed by atoms with Crippen molar-refractivity contribution in [3.8, 4) is 46.0 Å². The Morgan fingerprint density at radius 2 is 0.589 bits per heavy atom. The third-order valence-electron chi connectivity index (χ3n) is 11.1. The normalized spacial score (nSPS) is 13.1. The lowest BCUT2D eigenvalue weighted by Crippen LogP contribution is -2.22. The fourth-order valence-electron chi connectivity index (χ4n) is 7.96. The van der Waals surface area contributed by atoms with E-state index in [-0.39, 0.29) is 11.8 Å². The van der Waals surface area contributed by atoms with Crippen LogP contribution < -0.4 is 28.4 Å². The molecule has 0 amide bonds. The van der Waals surface area contributed by atoms with Gasteiger partial charge in [-0.1, -0.05) is 129 Å². The van der Waals surface area contributed by atoms with Gasteiger partial charge in [0, 0.05) is 58.4 Å². The molecule has 0 saturated heterocycles. The Kier molecular flexibility index (Phi) is 16.1. The van der Waals surface area contributed by atoms with Crippen LogP contribution in [-0.4, -0.2) is 26.4 Å². The molecule has 56 heavy (non-hydrogen) atoms. The average Bonchev–Trinajstić information content (AvgIpc) is 3.21. The minimum atomic E-state index is -0.0611. The summed E-state index contributed by atoms with van der Waals surface area (Å²) in [7, 11) is 0. The van der Waals surface area contributed by atoms with Crippen LogP contribution in [0.25, 0.3) is 0 Å². The van der Waals surface area contributed by atoms with E-state index in [0.29, 0.717) is 26.4 Å². The first-order valence-corrected chi connectivity index (χ1v) is 22.1. The molecule has 6 heteroatoms. The molecule has 2 aliphatic rings. The van der Waals surface area contributed by atoms with E-state index >= 15 is 0 Å². The monoisotopic (exact) mass is 762 g/mol. The molecule has 2 aliphatic heterocycles. The largest absolute Gasteiger partial charge is 0.493 e. The maximum Gasteiger partial charge on any atom is 0.134 e. The highest BCUT2D eigenvalue weighted by Gasteiger charge is 2.40. The molecule has 0 radical (unpaired) electrons. The van der Waals surface area contributed by atoms with Crippen molar-refractivity contribution < 1.29 is 28.4 Å². The summed E-state index contributed by atoms with van der Waals surface area (Å²) in [5.74, 6) is 6.50. The number of benzene rings is 4. The molecule has 0 atom stereocenters. The van der Waals surface area contributed by atoms with Crippen molar-refractivity contribution in [2.75, 3.05) is 26.4 Å². The quantitative estimate of drug-likeness (QED) is 0.0627. The summed E-state index contributed by atoms with van der Waals surface area (Å²) in [6, 6.07) is 25.6. The lowest BCUT2D eigenvalue weighted by atomic mass is 9.71. The minimum Gasteiger partial charge on any atom is -0.493 e. The van der Waals surface area contributed by atoms with E-state index in [1.54, 1.807) is 0 Å². The van der Waals surface area contributed by atoms with E-state index in [9.17, 15) is 0 Å². The SMILES string of the molecule is CCCCCCOc1ccc2c(c1)Oc1cc(OCCCCCC)ccc1C2C1c2ccc(OCCCCCC)cc2Oc2cc(OCCCCCC)ccc21. The van der Waals surface area contributed by atoms with E-state index in [0.717, 1.165) is 93.9 Å². The second-order valence-corrected chi connectivity index (χ2v) is 15.6. The van der Waals surface area contributed by atoms with E-state index in [2.05, 4.69) is 100 Å². The molecule has 0 unspecified atom stereocenters. The lowest BCUT2D eigenvalue weighted by molar-refractivity contribution is 0.299. The summed E-state index contributed by atoms with van der Waals surface area (Å²) in [4.78, 5) is 0. The third kappa shape index (κ3) is 11.0. The summed E-state index contributed by atoms with van der Waals surface area (Å²) >= 11 is 0. The molecule has 0 aliphatic carbocycles. The van der Waals surface area contributed by atoms with Crippen LogP contribution in [0.15, 0.2) is 72.8 Å². The van der Waals surface area contributed by atoms with Crippen molar-refractivity contribution >= 4 is 0 Å². The fraction of sp³-hybridized carbons (Fsp3) is 0.520. The van der Waals surface area contributed by atoms with Gasteiger partial charge in [0.25, 0.3) is 0 Å². The molecule has 4 aromatic carbocycles. The first-order valence-electron chi connectivity index (χ1n) is 22.1. The van der Waals surface area contributed by atoms with Gasteiger partial charge < -0.3 is 28.4 Å². The summed E-state index contributed by atoms with van der Waals surface area (Å²) < 4.78 is 38.8. The van der Waals surface area contributed by atoms with Gasteiger partial charge in [-0.2, -0.15) is 0 Å². The zero-order valence-electron chi connectivity index (χ0n) is 34.7. The maximum absolute atomic E-state index is 6.80. The van der Waals surface area contributed by atoms with E-state index in [1.807, 2.05) is 0 Å².